The topological polar surface area (TPSA) is 95.7 Å². The summed E-state index contributed by atoms with van der Waals surface area (Å²) in [4.78, 5) is 16.5. The van der Waals surface area contributed by atoms with Gasteiger partial charge in [-0.05, 0) is 42.5 Å². The van der Waals surface area contributed by atoms with E-state index in [0.717, 1.165) is 5.56 Å². The number of methoxy groups -OCH3 is 2. The summed E-state index contributed by atoms with van der Waals surface area (Å²) in [6, 6.07) is 12.2. The minimum atomic E-state index is -0.204. The molecule has 8 nitrogen and oxygen atoms in total. The standard InChI is InChI=1S/C20H21N3O5/c1-13-22-19(23-28-13)12-27-16-6-4-14(5-7-16)20(24)21-11-15-10-17(25-2)8-9-18(15)26-3/h4-10H,11-12H2,1-3H3,(H,21,24). The molecule has 0 saturated carbocycles. The van der Waals surface area contributed by atoms with Gasteiger partial charge in [0.2, 0.25) is 11.7 Å². The lowest BCUT2D eigenvalue weighted by Crippen LogP contribution is -2.23. The lowest BCUT2D eigenvalue weighted by atomic mass is 10.1. The number of benzene rings is 2. The summed E-state index contributed by atoms with van der Waals surface area (Å²) >= 11 is 0. The zero-order chi connectivity index (χ0) is 19.9. The Labute approximate surface area is 162 Å². The number of aryl methyl sites for hydroxylation is 1. The van der Waals surface area contributed by atoms with E-state index in [1.165, 1.54) is 0 Å². The number of carbonyl (C=O) groups is 1. The quantitative estimate of drug-likeness (QED) is 0.639. The fraction of sp³-hybridized carbons (Fsp3) is 0.250. The fourth-order valence-corrected chi connectivity index (χ4v) is 2.55. The fourth-order valence-electron chi connectivity index (χ4n) is 2.55. The third-order valence-corrected chi connectivity index (χ3v) is 3.98. The van der Waals surface area contributed by atoms with Crippen LogP contribution in [0.25, 0.3) is 0 Å². The minimum Gasteiger partial charge on any atom is -0.497 e. The summed E-state index contributed by atoms with van der Waals surface area (Å²) in [7, 11) is 3.18. The molecule has 3 rings (SSSR count). The van der Waals surface area contributed by atoms with E-state index < -0.39 is 0 Å². The van der Waals surface area contributed by atoms with Crippen LogP contribution in [0.5, 0.6) is 17.2 Å². The molecule has 1 heterocycles. The monoisotopic (exact) mass is 383 g/mol. The van der Waals surface area contributed by atoms with Crippen molar-refractivity contribution in [3.8, 4) is 17.2 Å². The summed E-state index contributed by atoms with van der Waals surface area (Å²) in [5.74, 6) is 2.73. The molecule has 28 heavy (non-hydrogen) atoms. The van der Waals surface area contributed by atoms with Crippen molar-refractivity contribution in [2.45, 2.75) is 20.1 Å². The van der Waals surface area contributed by atoms with Crippen molar-refractivity contribution in [3.63, 3.8) is 0 Å². The molecule has 146 valence electrons. The van der Waals surface area contributed by atoms with E-state index in [4.69, 9.17) is 18.7 Å². The predicted molar refractivity (Wildman–Crippen MR) is 101 cm³/mol. The summed E-state index contributed by atoms with van der Waals surface area (Å²) in [6.07, 6.45) is 0. The molecule has 2 aromatic carbocycles. The highest BCUT2D eigenvalue weighted by atomic mass is 16.5. The van der Waals surface area contributed by atoms with Gasteiger partial charge in [0.25, 0.3) is 5.91 Å². The lowest BCUT2D eigenvalue weighted by Gasteiger charge is -2.12. The molecule has 1 aromatic heterocycles. The van der Waals surface area contributed by atoms with E-state index in [-0.39, 0.29) is 12.5 Å². The van der Waals surface area contributed by atoms with Crippen LogP contribution >= 0.6 is 0 Å². The second-order valence-electron chi connectivity index (χ2n) is 5.90. The third kappa shape index (κ3) is 4.79. The van der Waals surface area contributed by atoms with Gasteiger partial charge in [-0.15, -0.1) is 0 Å². The second kappa shape index (κ2) is 8.90. The van der Waals surface area contributed by atoms with Gasteiger partial charge in [-0.3, -0.25) is 4.79 Å². The first kappa shape index (κ1) is 19.2. The molecular weight excluding hydrogens is 362 g/mol. The first-order chi connectivity index (χ1) is 13.6. The molecule has 0 bridgehead atoms. The molecule has 0 aliphatic rings. The molecule has 0 spiro atoms. The van der Waals surface area contributed by atoms with E-state index in [0.29, 0.717) is 41.1 Å². The van der Waals surface area contributed by atoms with Gasteiger partial charge in [0.15, 0.2) is 6.61 Å². The number of nitrogens with zero attached hydrogens (tertiary/aromatic N) is 2. The van der Waals surface area contributed by atoms with Crippen LogP contribution in [0.15, 0.2) is 47.0 Å². The van der Waals surface area contributed by atoms with E-state index >= 15 is 0 Å². The maximum atomic E-state index is 12.4. The van der Waals surface area contributed by atoms with Gasteiger partial charge in [0.05, 0.1) is 14.2 Å². The Balaban J connectivity index is 1.57. The summed E-state index contributed by atoms with van der Waals surface area (Å²) < 4.78 is 21.0. The van der Waals surface area contributed by atoms with E-state index in [1.54, 1.807) is 57.5 Å². The van der Waals surface area contributed by atoms with Crippen molar-refractivity contribution >= 4 is 5.91 Å². The predicted octanol–water partition coefficient (Wildman–Crippen LogP) is 2.90. The van der Waals surface area contributed by atoms with Crippen LogP contribution < -0.4 is 19.5 Å². The summed E-state index contributed by atoms with van der Waals surface area (Å²) in [6.45, 7) is 2.22. The van der Waals surface area contributed by atoms with Crippen molar-refractivity contribution in [2.75, 3.05) is 14.2 Å². The van der Waals surface area contributed by atoms with Crippen LogP contribution in [0, 0.1) is 6.92 Å². The van der Waals surface area contributed by atoms with Gasteiger partial charge in [-0.25, -0.2) is 0 Å². The van der Waals surface area contributed by atoms with Crippen LogP contribution in [0.4, 0.5) is 0 Å². The van der Waals surface area contributed by atoms with Gasteiger partial charge in [-0.1, -0.05) is 5.16 Å². The Kier molecular flexibility index (Phi) is 6.11. The molecule has 0 atom stereocenters. The molecule has 0 saturated heterocycles. The summed E-state index contributed by atoms with van der Waals surface area (Å²) in [5, 5.41) is 6.64. The van der Waals surface area contributed by atoms with Gasteiger partial charge in [0, 0.05) is 24.6 Å². The maximum absolute atomic E-state index is 12.4. The summed E-state index contributed by atoms with van der Waals surface area (Å²) in [5.41, 5.74) is 1.34. The number of ether oxygens (including phenoxy) is 3. The van der Waals surface area contributed by atoms with Crippen LogP contribution in [-0.4, -0.2) is 30.3 Å². The SMILES string of the molecule is COc1ccc(OC)c(CNC(=O)c2ccc(OCc3noc(C)n3)cc2)c1. The molecule has 0 aliphatic heterocycles. The lowest BCUT2D eigenvalue weighted by molar-refractivity contribution is 0.0950. The Morgan fingerprint density at radius 1 is 1.07 bits per heavy atom. The molecule has 0 fully saturated rings. The zero-order valence-electron chi connectivity index (χ0n) is 15.9. The van der Waals surface area contributed by atoms with Gasteiger partial charge in [-0.2, -0.15) is 4.98 Å². The Hall–Kier alpha value is -3.55. The normalized spacial score (nSPS) is 10.4. The van der Waals surface area contributed by atoms with E-state index in [1.807, 2.05) is 6.07 Å². The third-order valence-electron chi connectivity index (χ3n) is 3.98. The number of rotatable bonds is 8. The molecule has 0 radical (unpaired) electrons. The highest BCUT2D eigenvalue weighted by Gasteiger charge is 2.10. The minimum absolute atomic E-state index is 0.193. The second-order valence-corrected chi connectivity index (χ2v) is 5.90. The van der Waals surface area contributed by atoms with Crippen LogP contribution in [0.1, 0.15) is 27.6 Å². The van der Waals surface area contributed by atoms with Crippen molar-refractivity contribution in [1.29, 1.82) is 0 Å². The molecule has 0 aliphatic carbocycles. The number of hydrogen-bond donors (Lipinski definition) is 1. The highest BCUT2D eigenvalue weighted by Crippen LogP contribution is 2.24. The Morgan fingerprint density at radius 2 is 1.82 bits per heavy atom. The van der Waals surface area contributed by atoms with E-state index in [9.17, 15) is 4.79 Å². The number of carbonyl (C=O) groups excluding carboxylic acids is 1. The van der Waals surface area contributed by atoms with Gasteiger partial charge in [0.1, 0.15) is 17.2 Å². The Morgan fingerprint density at radius 3 is 2.46 bits per heavy atom. The maximum Gasteiger partial charge on any atom is 0.251 e. The van der Waals surface area contributed by atoms with Crippen molar-refractivity contribution in [1.82, 2.24) is 15.5 Å². The molecule has 3 aromatic rings. The van der Waals surface area contributed by atoms with Gasteiger partial charge < -0.3 is 24.1 Å². The van der Waals surface area contributed by atoms with Crippen molar-refractivity contribution in [3.05, 3.63) is 65.3 Å². The van der Waals surface area contributed by atoms with Crippen LogP contribution in [-0.2, 0) is 13.2 Å². The Bertz CT molecular complexity index is 937. The average molecular weight is 383 g/mol. The van der Waals surface area contributed by atoms with Crippen molar-refractivity contribution in [2.24, 2.45) is 0 Å². The molecular formula is C20H21N3O5. The zero-order valence-corrected chi connectivity index (χ0v) is 15.9. The first-order valence-electron chi connectivity index (χ1n) is 8.60. The smallest absolute Gasteiger partial charge is 0.251 e. The number of aromatic nitrogens is 2. The first-order valence-corrected chi connectivity index (χ1v) is 8.60. The highest BCUT2D eigenvalue weighted by molar-refractivity contribution is 5.94. The number of nitrogens with one attached hydrogen (secondary N) is 1. The van der Waals surface area contributed by atoms with Gasteiger partial charge >= 0.3 is 0 Å². The largest absolute Gasteiger partial charge is 0.497 e. The molecule has 1 N–H and O–H groups in total. The average Bonchev–Trinajstić information content (AvgIpc) is 3.15. The molecule has 0 unspecified atom stereocenters. The van der Waals surface area contributed by atoms with E-state index in [2.05, 4.69) is 15.5 Å². The number of amides is 1. The van der Waals surface area contributed by atoms with Crippen molar-refractivity contribution < 1.29 is 23.5 Å². The molecule has 1 amide bonds. The van der Waals surface area contributed by atoms with Crippen LogP contribution in [0.3, 0.4) is 0 Å². The van der Waals surface area contributed by atoms with Crippen LogP contribution in [0.2, 0.25) is 0 Å². The number of hydrogen-bond acceptors (Lipinski definition) is 7. The molecule has 8 heteroatoms.